The van der Waals surface area contributed by atoms with Gasteiger partial charge in [0.1, 0.15) is 28.9 Å². The largest absolute Gasteiger partial charge is 0.463 e. The summed E-state index contributed by atoms with van der Waals surface area (Å²) >= 11 is 0. The van der Waals surface area contributed by atoms with Crippen molar-refractivity contribution in [2.45, 2.75) is 6.42 Å². The zero-order chi connectivity index (χ0) is 21.5. The van der Waals surface area contributed by atoms with E-state index < -0.39 is 0 Å². The molecule has 0 bridgehead atoms. The van der Waals surface area contributed by atoms with Crippen LogP contribution < -0.4 is 15.9 Å². The van der Waals surface area contributed by atoms with E-state index in [4.69, 9.17) is 14.9 Å². The number of hydrogen-bond acceptors (Lipinski definition) is 7. The number of allylic oxidation sites excluding steroid dienone is 1. The third kappa shape index (κ3) is 5.39. The highest BCUT2D eigenvalue weighted by atomic mass is 16.5. The lowest BCUT2D eigenvalue weighted by Crippen LogP contribution is -2.40. The van der Waals surface area contributed by atoms with Crippen molar-refractivity contribution < 1.29 is 9.15 Å². The molecular formula is C23H22N6O2. The van der Waals surface area contributed by atoms with E-state index in [0.717, 1.165) is 17.1 Å². The summed E-state index contributed by atoms with van der Waals surface area (Å²) in [6.45, 7) is 0. The molecule has 0 unspecified atom stereocenters. The summed E-state index contributed by atoms with van der Waals surface area (Å²) in [6.07, 6.45) is 10.9. The molecule has 0 saturated carbocycles. The number of rotatable bonds is 4. The molecule has 3 heterocycles. The summed E-state index contributed by atoms with van der Waals surface area (Å²) in [5.41, 5.74) is 10.9. The van der Waals surface area contributed by atoms with Crippen LogP contribution >= 0.6 is 0 Å². The first-order chi connectivity index (χ1) is 15.2. The summed E-state index contributed by atoms with van der Waals surface area (Å²) < 4.78 is 11.3. The molecule has 3 aromatic rings. The molecule has 1 aliphatic heterocycles. The number of aromatic nitrogens is 1. The number of amidine groups is 1. The predicted octanol–water partition coefficient (Wildman–Crippen LogP) is 4.14. The number of benzene rings is 1. The summed E-state index contributed by atoms with van der Waals surface area (Å²) in [7, 11) is 1.83. The van der Waals surface area contributed by atoms with Crippen LogP contribution in [0.2, 0.25) is 0 Å². The van der Waals surface area contributed by atoms with Crippen LogP contribution in [0.5, 0.6) is 11.5 Å². The van der Waals surface area contributed by atoms with Gasteiger partial charge in [-0.05, 0) is 54.6 Å². The van der Waals surface area contributed by atoms with E-state index in [1.54, 1.807) is 48.1 Å². The normalized spacial score (nSPS) is 18.5. The SMILES string of the molecule is CN1NC(=Nc2ccc(Oc3ccncc3)cc2)/C=C/N=C(c2ccco2)C/C=C\1N. The standard InChI is InChI=1S/C23H22N6O2/c1-29-22(24)9-8-20(21-3-2-16-30-21)26-15-12-23(28-29)27-17-4-6-18(7-5-17)31-19-10-13-25-14-11-19/h2-7,9-16H,8,24H2,1H3,(H,27,28)/b15-12+,22-9-,26-20?. The Kier molecular flexibility index (Phi) is 6.08. The molecule has 0 fully saturated rings. The second kappa shape index (κ2) is 9.45. The van der Waals surface area contributed by atoms with Crippen molar-refractivity contribution in [1.82, 2.24) is 15.4 Å². The zero-order valence-corrected chi connectivity index (χ0v) is 17.0. The van der Waals surface area contributed by atoms with Crippen molar-refractivity contribution in [3.8, 4) is 11.5 Å². The fraction of sp³-hybridized carbons (Fsp3) is 0.0870. The maximum absolute atomic E-state index is 6.17. The number of furan rings is 1. The summed E-state index contributed by atoms with van der Waals surface area (Å²) in [6, 6.07) is 14.8. The maximum Gasteiger partial charge on any atom is 0.148 e. The molecule has 0 spiro atoms. The molecule has 31 heavy (non-hydrogen) atoms. The number of hydrazine groups is 1. The number of nitrogens with one attached hydrogen (secondary N) is 1. The molecule has 8 nitrogen and oxygen atoms in total. The van der Waals surface area contributed by atoms with Crippen LogP contribution in [0.1, 0.15) is 12.2 Å². The molecule has 3 N–H and O–H groups in total. The average molecular weight is 414 g/mol. The van der Waals surface area contributed by atoms with E-state index in [1.165, 1.54) is 0 Å². The highest BCUT2D eigenvalue weighted by Gasteiger charge is 2.09. The summed E-state index contributed by atoms with van der Waals surface area (Å²) in [5, 5.41) is 1.70. The Bertz CT molecular complexity index is 1120. The van der Waals surface area contributed by atoms with Gasteiger partial charge in [-0.25, -0.2) is 4.99 Å². The highest BCUT2D eigenvalue weighted by molar-refractivity contribution is 6.00. The lowest BCUT2D eigenvalue weighted by Gasteiger charge is -2.22. The molecule has 1 aliphatic rings. The summed E-state index contributed by atoms with van der Waals surface area (Å²) in [4.78, 5) is 13.1. The van der Waals surface area contributed by atoms with Crippen LogP contribution in [-0.4, -0.2) is 28.6 Å². The third-order valence-corrected chi connectivity index (χ3v) is 4.41. The molecule has 156 valence electrons. The van der Waals surface area contributed by atoms with Gasteiger partial charge in [0, 0.05) is 38.1 Å². The maximum atomic E-state index is 6.17. The predicted molar refractivity (Wildman–Crippen MR) is 120 cm³/mol. The topological polar surface area (TPSA) is 101 Å². The van der Waals surface area contributed by atoms with Crippen LogP contribution in [0, 0.1) is 0 Å². The Morgan fingerprint density at radius 3 is 2.61 bits per heavy atom. The first kappa shape index (κ1) is 20.0. The second-order valence-electron chi connectivity index (χ2n) is 6.65. The fourth-order valence-corrected chi connectivity index (χ4v) is 2.80. The van der Waals surface area contributed by atoms with Gasteiger partial charge in [0.25, 0.3) is 0 Å². The van der Waals surface area contributed by atoms with Crippen molar-refractivity contribution in [3.63, 3.8) is 0 Å². The van der Waals surface area contributed by atoms with Gasteiger partial charge in [-0.3, -0.25) is 20.4 Å². The molecule has 8 heteroatoms. The van der Waals surface area contributed by atoms with Crippen molar-refractivity contribution in [1.29, 1.82) is 0 Å². The molecule has 0 aliphatic carbocycles. The highest BCUT2D eigenvalue weighted by Crippen LogP contribution is 2.23. The Labute approximate surface area is 180 Å². The first-order valence-corrected chi connectivity index (χ1v) is 9.67. The van der Waals surface area contributed by atoms with Gasteiger partial charge in [0.2, 0.25) is 0 Å². The number of nitrogens with two attached hydrogens (primary N) is 1. The third-order valence-electron chi connectivity index (χ3n) is 4.41. The first-order valence-electron chi connectivity index (χ1n) is 9.67. The zero-order valence-electron chi connectivity index (χ0n) is 17.0. The van der Waals surface area contributed by atoms with Crippen molar-refractivity contribution in [3.05, 3.63) is 97.1 Å². The minimum absolute atomic E-state index is 0.543. The van der Waals surface area contributed by atoms with E-state index in [-0.39, 0.29) is 0 Å². The van der Waals surface area contributed by atoms with Gasteiger partial charge in [0.05, 0.1) is 17.7 Å². The lowest BCUT2D eigenvalue weighted by atomic mass is 10.2. The molecule has 0 atom stereocenters. The molecule has 0 radical (unpaired) electrons. The van der Waals surface area contributed by atoms with Crippen LogP contribution in [0.3, 0.4) is 0 Å². The van der Waals surface area contributed by atoms with Gasteiger partial charge >= 0.3 is 0 Å². The van der Waals surface area contributed by atoms with E-state index in [1.807, 2.05) is 49.5 Å². The van der Waals surface area contributed by atoms with E-state index in [2.05, 4.69) is 20.4 Å². The molecular weight excluding hydrogens is 392 g/mol. The van der Waals surface area contributed by atoms with E-state index in [0.29, 0.717) is 29.6 Å². The quantitative estimate of drug-likeness (QED) is 0.665. The summed E-state index contributed by atoms with van der Waals surface area (Å²) in [5.74, 6) is 3.25. The van der Waals surface area contributed by atoms with E-state index >= 15 is 0 Å². The number of nitrogens with zero attached hydrogens (tertiary/aromatic N) is 4. The van der Waals surface area contributed by atoms with Gasteiger partial charge in [-0.15, -0.1) is 0 Å². The molecule has 0 saturated heterocycles. The van der Waals surface area contributed by atoms with Crippen molar-refractivity contribution in [2.75, 3.05) is 7.05 Å². The van der Waals surface area contributed by atoms with Crippen LogP contribution in [-0.2, 0) is 0 Å². The Balaban J connectivity index is 1.56. The lowest BCUT2D eigenvalue weighted by molar-refractivity contribution is 0.367. The average Bonchev–Trinajstić information content (AvgIpc) is 3.32. The van der Waals surface area contributed by atoms with Crippen LogP contribution in [0.15, 0.2) is 106 Å². The van der Waals surface area contributed by atoms with Crippen LogP contribution in [0.25, 0.3) is 0 Å². The Morgan fingerprint density at radius 1 is 1.10 bits per heavy atom. The Hall–Kier alpha value is -4.33. The minimum Gasteiger partial charge on any atom is -0.463 e. The second-order valence-corrected chi connectivity index (χ2v) is 6.65. The number of aliphatic imine (C=N–C) groups is 2. The molecule has 2 aromatic heterocycles. The van der Waals surface area contributed by atoms with Crippen LogP contribution in [0.4, 0.5) is 5.69 Å². The molecule has 1 aromatic carbocycles. The van der Waals surface area contributed by atoms with Gasteiger partial charge in [0.15, 0.2) is 0 Å². The minimum atomic E-state index is 0.543. The molecule has 4 rings (SSSR count). The fourth-order valence-electron chi connectivity index (χ4n) is 2.80. The van der Waals surface area contributed by atoms with Crippen molar-refractivity contribution >= 4 is 17.2 Å². The smallest absolute Gasteiger partial charge is 0.148 e. The molecule has 0 amide bonds. The number of ether oxygens (including phenoxy) is 1. The van der Waals surface area contributed by atoms with Gasteiger partial charge < -0.3 is 14.9 Å². The van der Waals surface area contributed by atoms with Crippen molar-refractivity contribution in [2.24, 2.45) is 15.7 Å². The monoisotopic (exact) mass is 414 g/mol. The Morgan fingerprint density at radius 2 is 1.87 bits per heavy atom. The van der Waals surface area contributed by atoms with Gasteiger partial charge in [-0.2, -0.15) is 0 Å². The van der Waals surface area contributed by atoms with E-state index in [9.17, 15) is 0 Å². The number of pyridine rings is 1. The van der Waals surface area contributed by atoms with Gasteiger partial charge in [-0.1, -0.05) is 0 Å². The number of hydrogen-bond donors (Lipinski definition) is 2.